The second kappa shape index (κ2) is 4.92. The topological polar surface area (TPSA) is 30.0 Å². The molecule has 0 unspecified atom stereocenters. The van der Waals surface area contributed by atoms with Crippen molar-refractivity contribution in [3.8, 4) is 0 Å². The average molecular weight is 393 g/mol. The summed E-state index contributed by atoms with van der Waals surface area (Å²) in [5.41, 5.74) is 1.26. The molecule has 0 aliphatic rings. The quantitative estimate of drug-likeness (QED) is 0.536. The first-order valence-electron chi connectivity index (χ1n) is 2.74. The molecule has 1 aromatic heterocycles. The van der Waals surface area contributed by atoms with E-state index >= 15 is 0 Å². The molecule has 0 bridgehead atoms. The van der Waals surface area contributed by atoms with Crippen molar-refractivity contribution in [2.75, 3.05) is 0 Å². The fourth-order valence-corrected chi connectivity index (χ4v) is 0.841. The summed E-state index contributed by atoms with van der Waals surface area (Å²) >= 11 is 5.53. The molecule has 2 nitrogen and oxygen atoms in total. The van der Waals surface area contributed by atoms with Crippen LogP contribution >= 0.6 is 11.6 Å². The van der Waals surface area contributed by atoms with Crippen LogP contribution in [0.25, 0.3) is 0 Å². The van der Waals surface area contributed by atoms with E-state index in [-0.39, 0.29) is 31.1 Å². The van der Waals surface area contributed by atoms with Gasteiger partial charge in [0.15, 0.2) is 0 Å². The summed E-state index contributed by atoms with van der Waals surface area (Å²) in [5, 5.41) is 0.400. The van der Waals surface area contributed by atoms with Crippen LogP contribution in [0.15, 0.2) is 12.3 Å². The standard InChI is InChI=1S/C7H5ClNO.U/c1-5-2-7(8)9-3-6(5)4-10;/h2-3H,1H3;/q-1;. The number of hydrogen-bond donors (Lipinski definition) is 0. The first kappa shape index (κ1) is 11.2. The van der Waals surface area contributed by atoms with Gasteiger partial charge in [0.05, 0.1) is 6.29 Å². The maximum absolute atomic E-state index is 10.1. The van der Waals surface area contributed by atoms with Crippen LogP contribution in [0.3, 0.4) is 0 Å². The number of aromatic nitrogens is 1. The molecule has 0 aliphatic carbocycles. The Balaban J connectivity index is 0.000001000. The van der Waals surface area contributed by atoms with E-state index in [1.165, 1.54) is 6.20 Å². The van der Waals surface area contributed by atoms with E-state index in [0.29, 0.717) is 10.7 Å². The van der Waals surface area contributed by atoms with Crippen LogP contribution in [-0.2, 0) is 4.79 Å². The van der Waals surface area contributed by atoms with Gasteiger partial charge in [-0.25, -0.2) is 0 Å². The van der Waals surface area contributed by atoms with Crippen molar-refractivity contribution in [1.29, 1.82) is 0 Å². The van der Waals surface area contributed by atoms with Gasteiger partial charge in [0.1, 0.15) is 5.15 Å². The molecule has 0 aliphatic heterocycles. The summed E-state index contributed by atoms with van der Waals surface area (Å²) in [6.07, 6.45) is 3.16. The summed E-state index contributed by atoms with van der Waals surface area (Å²) in [4.78, 5) is 13.8. The Morgan fingerprint density at radius 3 is 2.73 bits per heavy atom. The maximum atomic E-state index is 10.1. The molecule has 0 radical (unpaired) electrons. The molecule has 0 saturated carbocycles. The fraction of sp³-hybridized carbons (Fsp3) is 0.143. The molecule has 4 heteroatoms. The van der Waals surface area contributed by atoms with Crippen LogP contribution in [0.2, 0.25) is 5.15 Å². The van der Waals surface area contributed by atoms with Crippen LogP contribution in [0.5, 0.6) is 0 Å². The molecule has 0 aromatic carbocycles. The molecule has 0 fully saturated rings. The van der Waals surface area contributed by atoms with E-state index in [0.717, 1.165) is 5.56 Å². The molecule has 1 aromatic rings. The van der Waals surface area contributed by atoms with Gasteiger partial charge in [0, 0.05) is 31.1 Å². The van der Waals surface area contributed by atoms with Gasteiger partial charge < -0.3 is 9.78 Å². The zero-order chi connectivity index (χ0) is 7.56. The summed E-state index contributed by atoms with van der Waals surface area (Å²) < 4.78 is 0. The molecule has 1 heterocycles. The normalized spacial score (nSPS) is 8.55. The Bertz CT molecular complexity index is 265. The smallest absolute Gasteiger partial charge is 0.103 e. The van der Waals surface area contributed by atoms with Gasteiger partial charge in [-0.05, 0) is 0 Å². The first-order valence-corrected chi connectivity index (χ1v) is 3.12. The largest absolute Gasteiger partial charge is 0.376 e. The van der Waals surface area contributed by atoms with E-state index in [1.807, 2.05) is 0 Å². The van der Waals surface area contributed by atoms with Crippen LogP contribution in [0.1, 0.15) is 11.1 Å². The van der Waals surface area contributed by atoms with Crippen molar-refractivity contribution in [3.05, 3.63) is 28.5 Å². The Hall–Kier alpha value is 0.162. The van der Waals surface area contributed by atoms with E-state index in [4.69, 9.17) is 11.6 Å². The zero-order valence-corrected chi connectivity index (χ0v) is 10.8. The van der Waals surface area contributed by atoms with Crippen LogP contribution in [0, 0.1) is 38.0 Å². The Morgan fingerprint density at radius 2 is 2.27 bits per heavy atom. The molecule has 11 heavy (non-hydrogen) atoms. The van der Waals surface area contributed by atoms with Gasteiger partial charge >= 0.3 is 0 Å². The van der Waals surface area contributed by atoms with Gasteiger partial charge in [-0.15, -0.1) is 11.1 Å². The molecular weight excluding hydrogens is 388 g/mol. The summed E-state index contributed by atoms with van der Waals surface area (Å²) in [7, 11) is 0. The predicted molar refractivity (Wildman–Crippen MR) is 38.8 cm³/mol. The number of nitrogens with zero attached hydrogens (tertiary/aromatic N) is 1. The third-order valence-corrected chi connectivity index (χ3v) is 1.39. The van der Waals surface area contributed by atoms with Crippen molar-refractivity contribution in [3.63, 3.8) is 0 Å². The number of hydrogen-bond acceptors (Lipinski definition) is 2. The first-order chi connectivity index (χ1) is 4.74. The second-order valence-corrected chi connectivity index (χ2v) is 2.31. The van der Waals surface area contributed by atoms with Crippen molar-refractivity contribution >= 4 is 17.9 Å². The van der Waals surface area contributed by atoms with Crippen LogP contribution in [0.4, 0.5) is 0 Å². The number of carbonyl (C=O) groups excluding carboxylic acids is 1. The number of halogens is 1. The minimum atomic E-state index is 0. The molecule has 0 saturated heterocycles. The van der Waals surface area contributed by atoms with Gasteiger partial charge in [-0.1, -0.05) is 30.8 Å². The molecule has 1 rings (SSSR count). The average Bonchev–Trinajstić information content (AvgIpc) is 1.88. The monoisotopic (exact) mass is 392 g/mol. The minimum Gasteiger partial charge on any atom is -0.376 e. The summed E-state index contributed by atoms with van der Waals surface area (Å²) in [6.45, 7) is 1.79. The van der Waals surface area contributed by atoms with Gasteiger partial charge in [-0.3, -0.25) is 0 Å². The molecule has 0 amide bonds. The van der Waals surface area contributed by atoms with E-state index in [1.54, 1.807) is 19.3 Å². The van der Waals surface area contributed by atoms with E-state index < -0.39 is 0 Å². The third-order valence-electron chi connectivity index (χ3n) is 1.19. The van der Waals surface area contributed by atoms with Crippen LogP contribution in [-0.4, -0.2) is 11.3 Å². The van der Waals surface area contributed by atoms with E-state index in [2.05, 4.69) is 4.98 Å². The SMILES string of the molecule is Cc1cc(Cl)ncc1[C-]=O.[U]. The Labute approximate surface area is 93.7 Å². The minimum absolute atomic E-state index is 0. The van der Waals surface area contributed by atoms with Crippen molar-refractivity contribution in [2.24, 2.45) is 0 Å². The molecule has 0 spiro atoms. The third kappa shape index (κ3) is 2.94. The molecule has 56 valence electrons. The molecular formula is C7H5ClNOU-. The van der Waals surface area contributed by atoms with Gasteiger partial charge in [-0.2, -0.15) is 0 Å². The summed E-state index contributed by atoms with van der Waals surface area (Å²) in [6, 6.07) is 1.63. The maximum Gasteiger partial charge on any atom is 0.103 e. The Morgan fingerprint density at radius 1 is 1.64 bits per heavy atom. The van der Waals surface area contributed by atoms with Crippen molar-refractivity contribution in [2.45, 2.75) is 6.92 Å². The predicted octanol–water partition coefficient (Wildman–Crippen LogP) is 1.50. The van der Waals surface area contributed by atoms with Crippen molar-refractivity contribution in [1.82, 2.24) is 4.98 Å². The molecule has 0 N–H and O–H groups in total. The molecule has 0 atom stereocenters. The van der Waals surface area contributed by atoms with Crippen molar-refractivity contribution < 1.29 is 35.9 Å². The number of rotatable bonds is 1. The zero-order valence-electron chi connectivity index (χ0n) is 5.89. The van der Waals surface area contributed by atoms with Crippen LogP contribution < -0.4 is 0 Å². The number of pyridine rings is 1. The summed E-state index contributed by atoms with van der Waals surface area (Å²) in [5.74, 6) is 0. The van der Waals surface area contributed by atoms with E-state index in [9.17, 15) is 4.79 Å². The number of aryl methyl sites for hydroxylation is 1. The second-order valence-electron chi connectivity index (χ2n) is 1.92. The van der Waals surface area contributed by atoms with Gasteiger partial charge in [0.25, 0.3) is 0 Å². The fourth-order valence-electron chi connectivity index (χ4n) is 0.629. The van der Waals surface area contributed by atoms with Gasteiger partial charge in [0.2, 0.25) is 0 Å². The Kier molecular flexibility index (Phi) is 5.00.